The van der Waals surface area contributed by atoms with Gasteiger partial charge in [-0.3, -0.25) is 9.59 Å². The van der Waals surface area contributed by atoms with Gasteiger partial charge >= 0.3 is 5.97 Å². The fourth-order valence-corrected chi connectivity index (χ4v) is 5.91. The molecule has 0 bridgehead atoms. The number of benzene rings is 1. The second kappa shape index (κ2) is 9.79. The summed E-state index contributed by atoms with van der Waals surface area (Å²) in [5.74, 6) is -1.49. The van der Waals surface area contributed by atoms with Crippen LogP contribution < -0.4 is 5.32 Å². The number of nitrogens with one attached hydrogen (secondary N) is 1. The molecule has 10 heteroatoms. The van der Waals surface area contributed by atoms with E-state index in [1.165, 1.54) is 23.0 Å². The first kappa shape index (κ1) is 23.7. The molecule has 0 radical (unpaired) electrons. The summed E-state index contributed by atoms with van der Waals surface area (Å²) in [5, 5.41) is 2.72. The number of halogens is 1. The Balaban J connectivity index is 1.31. The average molecular weight is 492 g/mol. The Morgan fingerprint density at radius 1 is 1.18 bits per heavy atom. The molecule has 1 aliphatic heterocycles. The van der Waals surface area contributed by atoms with Gasteiger partial charge in [-0.2, -0.15) is 4.31 Å². The molecular weight excluding hydrogens is 466 g/mol. The van der Waals surface area contributed by atoms with E-state index < -0.39 is 33.9 Å². The predicted octanol–water partition coefficient (Wildman–Crippen LogP) is 3.19. The highest BCUT2D eigenvalue weighted by atomic mass is 35.5. The number of hydrogen-bond donors (Lipinski definition) is 1. The van der Waals surface area contributed by atoms with E-state index in [0.29, 0.717) is 23.4 Å². The van der Waals surface area contributed by atoms with Gasteiger partial charge in [-0.25, -0.2) is 13.4 Å². The third-order valence-electron chi connectivity index (χ3n) is 6.17. The number of esters is 1. The van der Waals surface area contributed by atoms with Crippen molar-refractivity contribution in [2.75, 3.05) is 18.4 Å². The molecule has 1 atom stereocenters. The van der Waals surface area contributed by atoms with Gasteiger partial charge in [0.05, 0.1) is 16.5 Å². The van der Waals surface area contributed by atoms with Crippen molar-refractivity contribution in [3.63, 3.8) is 0 Å². The molecule has 1 aromatic heterocycles. The van der Waals surface area contributed by atoms with Gasteiger partial charge in [0.25, 0.3) is 5.91 Å². The summed E-state index contributed by atoms with van der Waals surface area (Å²) in [6, 6.07) is 8.59. The number of piperidine rings is 1. The van der Waals surface area contributed by atoms with E-state index in [2.05, 4.69) is 10.3 Å². The van der Waals surface area contributed by atoms with Crippen molar-refractivity contribution in [3.8, 4) is 0 Å². The zero-order valence-electron chi connectivity index (χ0n) is 18.3. The lowest BCUT2D eigenvalue weighted by atomic mass is 9.98. The Kier molecular flexibility index (Phi) is 7.02. The molecule has 1 fully saturated rings. The van der Waals surface area contributed by atoms with Crippen molar-refractivity contribution in [1.29, 1.82) is 0 Å². The van der Waals surface area contributed by atoms with E-state index in [9.17, 15) is 18.0 Å². The molecule has 176 valence electrons. The smallest absolute Gasteiger partial charge is 0.309 e. The molecule has 1 aliphatic carbocycles. The van der Waals surface area contributed by atoms with E-state index in [-0.39, 0.29) is 18.2 Å². The van der Waals surface area contributed by atoms with E-state index in [1.54, 1.807) is 24.3 Å². The highest BCUT2D eigenvalue weighted by Crippen LogP contribution is 2.29. The maximum atomic E-state index is 13.1. The molecule has 1 saturated heterocycles. The molecule has 1 N–H and O–H groups in total. The summed E-state index contributed by atoms with van der Waals surface area (Å²) in [6.45, 7) is 1.93. The molecule has 0 saturated carbocycles. The minimum Gasteiger partial charge on any atom is -0.452 e. The van der Waals surface area contributed by atoms with Crippen molar-refractivity contribution in [2.24, 2.45) is 5.92 Å². The molecule has 2 heterocycles. The van der Waals surface area contributed by atoms with Gasteiger partial charge < -0.3 is 10.1 Å². The standard InChI is InChI=1S/C23H26ClN3O5S/c1-15(22(28)26-20-6-3-11-25-21(20)24)32-23(29)17-9-12-27(13-10-17)33(30,31)19-8-7-16-4-2-5-18(16)14-19/h3,6-8,11,14-15,17H,2,4-5,9-10,12-13H2,1H3,(H,26,28). The van der Waals surface area contributed by atoms with Gasteiger partial charge in [0.2, 0.25) is 10.0 Å². The van der Waals surface area contributed by atoms with Gasteiger partial charge in [0, 0.05) is 19.3 Å². The SMILES string of the molecule is CC(OC(=O)C1CCN(S(=O)(=O)c2ccc3c(c2)CCC3)CC1)C(=O)Nc1cccnc1Cl. The van der Waals surface area contributed by atoms with Crippen molar-refractivity contribution in [2.45, 2.75) is 50.0 Å². The molecule has 8 nitrogen and oxygen atoms in total. The van der Waals surface area contributed by atoms with Crippen molar-refractivity contribution in [1.82, 2.24) is 9.29 Å². The third-order valence-corrected chi connectivity index (χ3v) is 8.37. The van der Waals surface area contributed by atoms with Crippen LogP contribution in [0.2, 0.25) is 5.15 Å². The van der Waals surface area contributed by atoms with Gasteiger partial charge in [-0.05, 0) is 74.4 Å². The Labute approximate surface area is 198 Å². The molecule has 33 heavy (non-hydrogen) atoms. The van der Waals surface area contributed by atoms with Crippen LogP contribution in [0.3, 0.4) is 0 Å². The van der Waals surface area contributed by atoms with Gasteiger partial charge in [-0.15, -0.1) is 0 Å². The van der Waals surface area contributed by atoms with Gasteiger partial charge in [-0.1, -0.05) is 17.7 Å². The topological polar surface area (TPSA) is 106 Å². The average Bonchev–Trinajstić information content (AvgIpc) is 3.28. The van der Waals surface area contributed by atoms with Crippen molar-refractivity contribution < 1.29 is 22.7 Å². The number of aromatic nitrogens is 1. The molecule has 1 aromatic carbocycles. The maximum Gasteiger partial charge on any atom is 0.309 e. The van der Waals surface area contributed by atoms with E-state index in [4.69, 9.17) is 16.3 Å². The fourth-order valence-electron chi connectivity index (χ4n) is 4.23. The largest absolute Gasteiger partial charge is 0.452 e. The van der Waals surface area contributed by atoms with Crippen LogP contribution in [0.25, 0.3) is 0 Å². The van der Waals surface area contributed by atoms with Crippen LogP contribution in [0.15, 0.2) is 41.4 Å². The number of sulfonamides is 1. The number of rotatable bonds is 6. The van der Waals surface area contributed by atoms with E-state index in [1.807, 2.05) is 6.07 Å². The number of carbonyl (C=O) groups is 2. The van der Waals surface area contributed by atoms with Crippen molar-refractivity contribution in [3.05, 3.63) is 52.8 Å². The lowest BCUT2D eigenvalue weighted by Crippen LogP contribution is -2.41. The highest BCUT2D eigenvalue weighted by molar-refractivity contribution is 7.89. The molecule has 1 amide bonds. The van der Waals surface area contributed by atoms with E-state index >= 15 is 0 Å². The zero-order valence-corrected chi connectivity index (χ0v) is 19.9. The maximum absolute atomic E-state index is 13.1. The number of amides is 1. The summed E-state index contributed by atoms with van der Waals surface area (Å²) < 4.78 is 32.9. The quantitative estimate of drug-likeness (QED) is 0.491. The normalized spacial score (nSPS) is 17.9. The van der Waals surface area contributed by atoms with Gasteiger partial charge in [0.15, 0.2) is 11.3 Å². The molecule has 2 aliphatic rings. The lowest BCUT2D eigenvalue weighted by molar-refractivity contribution is -0.158. The number of carbonyl (C=O) groups excluding carboxylic acids is 2. The highest BCUT2D eigenvalue weighted by Gasteiger charge is 2.34. The van der Waals surface area contributed by atoms with Crippen LogP contribution in [0.5, 0.6) is 0 Å². The fraction of sp³-hybridized carbons (Fsp3) is 0.435. The second-order valence-electron chi connectivity index (χ2n) is 8.37. The number of fused-ring (bicyclic) bond motifs is 1. The Morgan fingerprint density at radius 3 is 2.64 bits per heavy atom. The number of aryl methyl sites for hydroxylation is 2. The predicted molar refractivity (Wildman–Crippen MR) is 123 cm³/mol. The molecule has 1 unspecified atom stereocenters. The summed E-state index contributed by atoms with van der Waals surface area (Å²) in [5.41, 5.74) is 2.66. The Hall–Kier alpha value is -2.49. The minimum absolute atomic E-state index is 0.140. The summed E-state index contributed by atoms with van der Waals surface area (Å²) in [4.78, 5) is 29.1. The number of anilines is 1. The number of pyridine rings is 1. The van der Waals surface area contributed by atoms with Crippen molar-refractivity contribution >= 4 is 39.2 Å². The lowest BCUT2D eigenvalue weighted by Gasteiger charge is -2.30. The van der Waals surface area contributed by atoms with Gasteiger partial charge in [0.1, 0.15) is 0 Å². The molecule has 4 rings (SSSR count). The van der Waals surface area contributed by atoms with Crippen LogP contribution in [-0.2, 0) is 37.2 Å². The van der Waals surface area contributed by atoms with Crippen LogP contribution in [0.1, 0.15) is 37.3 Å². The first-order valence-electron chi connectivity index (χ1n) is 11.0. The van der Waals surface area contributed by atoms with Crippen LogP contribution in [0, 0.1) is 5.92 Å². The van der Waals surface area contributed by atoms with E-state index in [0.717, 1.165) is 24.8 Å². The first-order chi connectivity index (χ1) is 15.8. The molecule has 0 spiro atoms. The van der Waals surface area contributed by atoms with Crippen LogP contribution >= 0.6 is 11.6 Å². The van der Waals surface area contributed by atoms with Crippen LogP contribution in [-0.4, -0.2) is 48.8 Å². The minimum atomic E-state index is -3.61. The van der Waals surface area contributed by atoms with Crippen LogP contribution in [0.4, 0.5) is 5.69 Å². The molecule has 2 aromatic rings. The monoisotopic (exact) mass is 491 g/mol. The summed E-state index contributed by atoms with van der Waals surface area (Å²) >= 11 is 5.94. The summed E-state index contributed by atoms with van der Waals surface area (Å²) in [6.07, 6.45) is 4.11. The zero-order chi connectivity index (χ0) is 23.6. The first-order valence-corrected chi connectivity index (χ1v) is 12.8. The molecular formula is C23H26ClN3O5S. The number of ether oxygens (including phenoxy) is 1. The Bertz CT molecular complexity index is 1160. The Morgan fingerprint density at radius 2 is 1.91 bits per heavy atom. The number of hydrogen-bond acceptors (Lipinski definition) is 6. The summed E-state index contributed by atoms with van der Waals surface area (Å²) in [7, 11) is -3.61. The number of nitrogens with zero attached hydrogens (tertiary/aromatic N) is 2. The second-order valence-corrected chi connectivity index (χ2v) is 10.7. The third kappa shape index (κ3) is 5.20.